The summed E-state index contributed by atoms with van der Waals surface area (Å²) in [5, 5.41) is 11.8. The first kappa shape index (κ1) is 22.6. The van der Waals surface area contributed by atoms with Crippen molar-refractivity contribution >= 4 is 34.3 Å². The topological polar surface area (TPSA) is 94.3 Å². The molecule has 35 heavy (non-hydrogen) atoms. The largest absolute Gasteiger partial charge is 0.503 e. The molecule has 178 valence electrons. The van der Waals surface area contributed by atoms with E-state index in [4.69, 9.17) is 4.42 Å². The summed E-state index contributed by atoms with van der Waals surface area (Å²) >= 11 is 0. The van der Waals surface area contributed by atoms with E-state index in [9.17, 15) is 19.5 Å². The quantitative estimate of drug-likeness (QED) is 0.420. The van der Waals surface area contributed by atoms with Gasteiger partial charge in [0, 0.05) is 30.6 Å². The van der Waals surface area contributed by atoms with Crippen molar-refractivity contribution in [3.8, 4) is 0 Å². The fraction of sp³-hybridized carbons (Fsp3) is 0.222. The van der Waals surface area contributed by atoms with Crippen molar-refractivity contribution in [3.05, 3.63) is 89.9 Å². The van der Waals surface area contributed by atoms with Crippen molar-refractivity contribution in [2.75, 3.05) is 38.6 Å². The highest BCUT2D eigenvalue weighted by Gasteiger charge is 2.65. The molecule has 0 fully saturated rings. The molecule has 8 nitrogen and oxygen atoms in total. The maximum absolute atomic E-state index is 14.2. The molecule has 2 amide bonds. The van der Waals surface area contributed by atoms with Gasteiger partial charge in [0.2, 0.25) is 5.78 Å². The molecule has 1 aromatic heterocycles. The summed E-state index contributed by atoms with van der Waals surface area (Å²) in [5.74, 6) is -2.76. The molecule has 0 aliphatic carbocycles. The number of amides is 2. The first-order valence-corrected chi connectivity index (χ1v) is 11.3. The molecule has 0 saturated carbocycles. The number of hydrogen-bond acceptors (Lipinski definition) is 6. The fourth-order valence-corrected chi connectivity index (χ4v) is 5.00. The van der Waals surface area contributed by atoms with Crippen LogP contribution in [0.3, 0.4) is 0 Å². The van der Waals surface area contributed by atoms with Crippen LogP contribution in [0.25, 0.3) is 11.0 Å². The van der Waals surface area contributed by atoms with Gasteiger partial charge in [0.15, 0.2) is 17.1 Å². The van der Waals surface area contributed by atoms with Crippen molar-refractivity contribution in [1.29, 1.82) is 0 Å². The minimum absolute atomic E-state index is 0.0539. The molecule has 0 unspecified atom stereocenters. The van der Waals surface area contributed by atoms with Crippen molar-refractivity contribution in [3.63, 3.8) is 0 Å². The summed E-state index contributed by atoms with van der Waals surface area (Å²) in [5.41, 5.74) is -0.589. The van der Waals surface area contributed by atoms with E-state index in [1.807, 2.05) is 25.1 Å². The minimum Gasteiger partial charge on any atom is -0.503 e. The number of nitrogens with zero attached hydrogens (tertiary/aromatic N) is 3. The van der Waals surface area contributed by atoms with Gasteiger partial charge in [-0.1, -0.05) is 42.5 Å². The van der Waals surface area contributed by atoms with E-state index in [-0.39, 0.29) is 24.4 Å². The zero-order chi connectivity index (χ0) is 24.9. The molecule has 0 radical (unpaired) electrons. The Bertz CT molecular complexity index is 1390. The van der Waals surface area contributed by atoms with E-state index < -0.39 is 28.9 Å². The Hall–Kier alpha value is -4.17. The van der Waals surface area contributed by atoms with Crippen LogP contribution in [-0.2, 0) is 15.1 Å². The monoisotopic (exact) mass is 471 g/mol. The maximum Gasteiger partial charge on any atom is 0.290 e. The lowest BCUT2D eigenvalue weighted by Gasteiger charge is -2.36. The molecule has 2 aromatic carbocycles. The third-order valence-electron chi connectivity index (χ3n) is 6.55. The smallest absolute Gasteiger partial charge is 0.290 e. The Morgan fingerprint density at radius 3 is 2.57 bits per heavy atom. The summed E-state index contributed by atoms with van der Waals surface area (Å²) in [6.07, 6.45) is 1.58. The molecule has 3 aromatic rings. The molecule has 2 aliphatic rings. The van der Waals surface area contributed by atoms with E-state index in [1.165, 1.54) is 9.80 Å². The second kappa shape index (κ2) is 8.25. The van der Waals surface area contributed by atoms with Gasteiger partial charge in [0.25, 0.3) is 11.8 Å². The van der Waals surface area contributed by atoms with E-state index in [0.29, 0.717) is 28.8 Å². The lowest BCUT2D eigenvalue weighted by Crippen LogP contribution is -2.55. The highest BCUT2D eigenvalue weighted by molar-refractivity contribution is 6.26. The molecule has 1 N–H and O–H groups in total. The summed E-state index contributed by atoms with van der Waals surface area (Å²) in [6, 6.07) is 15.7. The predicted molar refractivity (Wildman–Crippen MR) is 131 cm³/mol. The van der Waals surface area contributed by atoms with Gasteiger partial charge >= 0.3 is 0 Å². The second-order valence-corrected chi connectivity index (χ2v) is 8.89. The van der Waals surface area contributed by atoms with Crippen molar-refractivity contribution in [1.82, 2.24) is 9.80 Å². The number of likely N-dealkylation sites (N-methyl/N-ethyl adjacent to an activating group) is 1. The zero-order valence-electron chi connectivity index (χ0n) is 19.5. The SMILES string of the molecule is C=CCN1C(=O)[C@@]2(C(C(=O)c3cc4ccccc4o3)=C(O)C(=O)N2CCN(C)C)c2ccccc21. The molecule has 2 aliphatic heterocycles. The Labute approximate surface area is 202 Å². The molecule has 5 rings (SSSR count). The van der Waals surface area contributed by atoms with Gasteiger partial charge in [-0.05, 0) is 32.3 Å². The van der Waals surface area contributed by atoms with Crippen LogP contribution in [-0.4, -0.2) is 66.2 Å². The van der Waals surface area contributed by atoms with E-state index in [2.05, 4.69) is 6.58 Å². The lowest BCUT2D eigenvalue weighted by molar-refractivity contribution is -0.139. The Morgan fingerprint density at radius 1 is 1.14 bits per heavy atom. The Balaban J connectivity index is 1.75. The number of carbonyl (C=O) groups is 3. The number of Topliss-reactive ketones (excluding diaryl/α,β-unsaturated/α-hetero) is 1. The number of hydrogen-bond donors (Lipinski definition) is 1. The highest BCUT2D eigenvalue weighted by atomic mass is 16.3. The summed E-state index contributed by atoms with van der Waals surface area (Å²) < 4.78 is 5.79. The average molecular weight is 472 g/mol. The van der Waals surface area contributed by atoms with Gasteiger partial charge in [0.1, 0.15) is 5.58 Å². The number of furan rings is 1. The van der Waals surface area contributed by atoms with Crippen LogP contribution in [0.5, 0.6) is 0 Å². The van der Waals surface area contributed by atoms with Gasteiger partial charge in [-0.15, -0.1) is 6.58 Å². The van der Waals surface area contributed by atoms with Crippen molar-refractivity contribution in [2.45, 2.75) is 5.54 Å². The summed E-state index contributed by atoms with van der Waals surface area (Å²) in [6.45, 7) is 4.48. The van der Waals surface area contributed by atoms with Crippen LogP contribution in [0.1, 0.15) is 16.1 Å². The second-order valence-electron chi connectivity index (χ2n) is 8.89. The normalized spacial score (nSPS) is 19.5. The van der Waals surface area contributed by atoms with Gasteiger partial charge in [-0.2, -0.15) is 0 Å². The van der Waals surface area contributed by atoms with Crippen LogP contribution < -0.4 is 4.90 Å². The fourth-order valence-electron chi connectivity index (χ4n) is 5.00. The van der Waals surface area contributed by atoms with Gasteiger partial charge in [-0.3, -0.25) is 14.4 Å². The summed E-state index contributed by atoms with van der Waals surface area (Å²) in [4.78, 5) is 46.2. The number of fused-ring (bicyclic) bond motifs is 3. The van der Waals surface area contributed by atoms with Crippen LogP contribution in [0.4, 0.5) is 5.69 Å². The number of anilines is 1. The summed E-state index contributed by atoms with van der Waals surface area (Å²) in [7, 11) is 3.69. The number of ketones is 1. The van der Waals surface area contributed by atoms with Crippen molar-refractivity contribution < 1.29 is 23.9 Å². The number of aliphatic hydroxyl groups excluding tert-OH is 1. The molecule has 1 spiro atoms. The van der Waals surface area contributed by atoms with E-state index >= 15 is 0 Å². The number of para-hydroxylation sites is 2. The average Bonchev–Trinajstić information content (AvgIpc) is 3.45. The number of rotatable bonds is 7. The molecule has 8 heteroatoms. The van der Waals surface area contributed by atoms with E-state index in [1.54, 1.807) is 54.6 Å². The van der Waals surface area contributed by atoms with Crippen molar-refractivity contribution in [2.24, 2.45) is 0 Å². The zero-order valence-corrected chi connectivity index (χ0v) is 19.5. The van der Waals surface area contributed by atoms with Gasteiger partial charge in [0.05, 0.1) is 11.3 Å². The van der Waals surface area contributed by atoms with Gasteiger partial charge < -0.3 is 24.2 Å². The maximum atomic E-state index is 14.2. The first-order valence-electron chi connectivity index (χ1n) is 11.3. The first-order chi connectivity index (χ1) is 16.8. The third kappa shape index (κ3) is 3.14. The molecule has 3 heterocycles. The van der Waals surface area contributed by atoms with Crippen LogP contribution in [0.2, 0.25) is 0 Å². The lowest BCUT2D eigenvalue weighted by atomic mass is 9.81. The van der Waals surface area contributed by atoms with Crippen LogP contribution in [0, 0.1) is 0 Å². The van der Waals surface area contributed by atoms with Crippen LogP contribution in [0.15, 0.2) is 83.0 Å². The molecule has 0 saturated heterocycles. The highest BCUT2D eigenvalue weighted by Crippen LogP contribution is 2.53. The Morgan fingerprint density at radius 2 is 1.86 bits per heavy atom. The molecule has 0 bridgehead atoms. The van der Waals surface area contributed by atoms with Crippen LogP contribution >= 0.6 is 0 Å². The third-order valence-corrected chi connectivity index (χ3v) is 6.55. The molecular weight excluding hydrogens is 446 g/mol. The predicted octanol–water partition coefficient (Wildman–Crippen LogP) is 3.26. The standard InChI is InChI=1S/C27H25N3O5/c1-4-13-29-19-11-7-6-10-18(19)27(26(29)34)22(24(32)25(33)30(27)15-14-28(2)3)23(31)21-16-17-9-5-8-12-20(17)35-21/h4-12,16,32H,1,13-15H2,2-3H3/t27-/m0/s1. The Kier molecular flexibility index (Phi) is 5.33. The molecule has 1 atom stereocenters. The number of benzene rings is 2. The van der Waals surface area contributed by atoms with E-state index in [0.717, 1.165) is 0 Å². The molecular formula is C27H25N3O5. The minimum atomic E-state index is -1.81. The van der Waals surface area contributed by atoms with Gasteiger partial charge in [-0.25, -0.2) is 0 Å². The number of carbonyl (C=O) groups excluding carboxylic acids is 3. The number of aliphatic hydroxyl groups is 1.